The van der Waals surface area contributed by atoms with Crippen LogP contribution >= 0.6 is 0 Å². The van der Waals surface area contributed by atoms with E-state index in [0.717, 1.165) is 42.4 Å². The Kier molecular flexibility index (Phi) is 10.7. The van der Waals surface area contributed by atoms with E-state index in [2.05, 4.69) is 29.4 Å². The third-order valence-electron chi connectivity index (χ3n) is 8.65. The van der Waals surface area contributed by atoms with Crippen molar-refractivity contribution in [1.29, 1.82) is 0 Å². The van der Waals surface area contributed by atoms with Crippen LogP contribution in [0.5, 0.6) is 5.75 Å². The van der Waals surface area contributed by atoms with E-state index in [1.54, 1.807) is 9.80 Å². The Bertz CT molecular complexity index is 1580. The van der Waals surface area contributed by atoms with Gasteiger partial charge in [-0.15, -0.1) is 0 Å². The van der Waals surface area contributed by atoms with Crippen LogP contribution in [0, 0.1) is 13.8 Å². The van der Waals surface area contributed by atoms with Gasteiger partial charge in [0.05, 0.1) is 24.7 Å². The lowest BCUT2D eigenvalue weighted by Crippen LogP contribution is -2.52. The van der Waals surface area contributed by atoms with Crippen molar-refractivity contribution in [1.82, 2.24) is 25.0 Å². The van der Waals surface area contributed by atoms with Crippen molar-refractivity contribution in [3.05, 3.63) is 70.9 Å². The largest absolute Gasteiger partial charge is 0.483 e. The lowest BCUT2D eigenvalue weighted by molar-refractivity contribution is -0.134. The molecule has 0 spiro atoms. The normalized spacial score (nSPS) is 16.4. The molecule has 3 aromatic rings. The summed E-state index contributed by atoms with van der Waals surface area (Å²) in [5.74, 6) is -0.512. The summed E-state index contributed by atoms with van der Waals surface area (Å²) in [7, 11) is 0. The van der Waals surface area contributed by atoms with Gasteiger partial charge in [0.2, 0.25) is 5.91 Å². The number of unbranched alkanes of at least 4 members (excludes halogenated alkanes) is 1. The average molecular weight is 630 g/mol. The molecule has 1 aromatic heterocycles. The molecular formula is C35H43N5O6. The van der Waals surface area contributed by atoms with E-state index in [1.165, 1.54) is 6.07 Å². The standard InChI is InChI=1S/C35H43N5O6/c1-4-5-19-45-35(44)39-17-15-38(16-18-39)32(41)22-36-34(43)29-21-31(27-13-12-24(2)20-28(27)37-29)46-23-33(42)40-14-8-11-30(40)26-10-7-6-9-25(26)3/h6-7,9-10,12-13,20-21,30H,4-5,8,11,14-19,22-23H2,1-3H3,(H,36,43). The van der Waals surface area contributed by atoms with Crippen LogP contribution in [0.4, 0.5) is 4.79 Å². The molecule has 2 aromatic carbocycles. The number of nitrogens with zero attached hydrogens (tertiary/aromatic N) is 4. The molecule has 0 bridgehead atoms. The Morgan fingerprint density at radius 1 is 0.935 bits per heavy atom. The number of carbonyl (C=O) groups excluding carboxylic acids is 4. The highest BCUT2D eigenvalue weighted by molar-refractivity contribution is 5.98. The Hall–Kier alpha value is -4.67. The number of aryl methyl sites for hydroxylation is 2. The number of hydrogen-bond acceptors (Lipinski definition) is 7. The number of pyridine rings is 1. The molecule has 1 N–H and O–H groups in total. The summed E-state index contributed by atoms with van der Waals surface area (Å²) in [5, 5.41) is 3.37. The number of ether oxygens (including phenoxy) is 2. The summed E-state index contributed by atoms with van der Waals surface area (Å²) < 4.78 is 11.4. The quantitative estimate of drug-likeness (QED) is 0.330. The van der Waals surface area contributed by atoms with Crippen LogP contribution in [0.25, 0.3) is 10.9 Å². The molecule has 1 unspecified atom stereocenters. The van der Waals surface area contributed by atoms with Crippen molar-refractivity contribution < 1.29 is 28.7 Å². The highest BCUT2D eigenvalue weighted by Gasteiger charge is 2.31. The molecule has 4 amide bonds. The summed E-state index contributed by atoms with van der Waals surface area (Å²) in [6, 6.07) is 15.3. The maximum absolute atomic E-state index is 13.4. The van der Waals surface area contributed by atoms with Crippen molar-refractivity contribution >= 4 is 34.7 Å². The van der Waals surface area contributed by atoms with Gasteiger partial charge in [-0.3, -0.25) is 14.4 Å². The average Bonchev–Trinajstić information content (AvgIpc) is 3.56. The molecular weight excluding hydrogens is 586 g/mol. The van der Waals surface area contributed by atoms with E-state index >= 15 is 0 Å². The van der Waals surface area contributed by atoms with Gasteiger partial charge < -0.3 is 29.5 Å². The van der Waals surface area contributed by atoms with Crippen LogP contribution in [0.2, 0.25) is 0 Å². The van der Waals surface area contributed by atoms with Gasteiger partial charge in [-0.1, -0.05) is 43.7 Å². The first-order chi connectivity index (χ1) is 22.2. The maximum atomic E-state index is 13.4. The zero-order valence-corrected chi connectivity index (χ0v) is 26.9. The van der Waals surface area contributed by atoms with Crippen LogP contribution in [0.15, 0.2) is 48.5 Å². The molecule has 0 saturated carbocycles. The Morgan fingerprint density at radius 3 is 2.46 bits per heavy atom. The second-order valence-corrected chi connectivity index (χ2v) is 11.9. The third-order valence-corrected chi connectivity index (χ3v) is 8.65. The summed E-state index contributed by atoms with van der Waals surface area (Å²) >= 11 is 0. The molecule has 46 heavy (non-hydrogen) atoms. The van der Waals surface area contributed by atoms with E-state index in [4.69, 9.17) is 9.47 Å². The lowest BCUT2D eigenvalue weighted by atomic mass is 9.99. The van der Waals surface area contributed by atoms with E-state index in [1.807, 2.05) is 49.1 Å². The van der Waals surface area contributed by atoms with Crippen LogP contribution in [-0.2, 0) is 14.3 Å². The van der Waals surface area contributed by atoms with Gasteiger partial charge in [0.1, 0.15) is 11.4 Å². The van der Waals surface area contributed by atoms with Crippen molar-refractivity contribution in [2.24, 2.45) is 0 Å². The smallest absolute Gasteiger partial charge is 0.409 e. The Balaban J connectivity index is 1.21. The summed E-state index contributed by atoms with van der Waals surface area (Å²) in [4.78, 5) is 61.3. The number of benzene rings is 2. The number of rotatable bonds is 10. The summed E-state index contributed by atoms with van der Waals surface area (Å²) in [6.07, 6.45) is 3.22. The SMILES string of the molecule is CCCCOC(=O)N1CCN(C(=O)CNC(=O)c2cc(OCC(=O)N3CCCC3c3ccccc3C)c3ccc(C)cc3n2)CC1. The summed E-state index contributed by atoms with van der Waals surface area (Å²) in [5.41, 5.74) is 3.91. The molecule has 2 saturated heterocycles. The van der Waals surface area contributed by atoms with E-state index in [0.29, 0.717) is 56.0 Å². The van der Waals surface area contributed by atoms with Gasteiger partial charge in [-0.05, 0) is 61.9 Å². The second-order valence-electron chi connectivity index (χ2n) is 11.9. The number of piperazine rings is 1. The van der Waals surface area contributed by atoms with E-state index in [9.17, 15) is 19.2 Å². The van der Waals surface area contributed by atoms with Gasteiger partial charge >= 0.3 is 6.09 Å². The highest BCUT2D eigenvalue weighted by Crippen LogP contribution is 2.34. The zero-order valence-electron chi connectivity index (χ0n) is 26.9. The van der Waals surface area contributed by atoms with Gasteiger partial charge in [-0.25, -0.2) is 9.78 Å². The molecule has 0 radical (unpaired) electrons. The molecule has 0 aliphatic carbocycles. The molecule has 2 aliphatic rings. The molecule has 244 valence electrons. The number of likely N-dealkylation sites (tertiary alicyclic amines) is 1. The van der Waals surface area contributed by atoms with Crippen LogP contribution in [0.1, 0.15) is 65.8 Å². The number of fused-ring (bicyclic) bond motifs is 1. The van der Waals surface area contributed by atoms with Crippen LogP contribution in [0.3, 0.4) is 0 Å². The van der Waals surface area contributed by atoms with Crippen molar-refractivity contribution in [2.45, 2.75) is 52.5 Å². The molecule has 1 atom stereocenters. The third kappa shape index (κ3) is 7.75. The van der Waals surface area contributed by atoms with Crippen molar-refractivity contribution in [3.8, 4) is 5.75 Å². The predicted molar refractivity (Wildman–Crippen MR) is 174 cm³/mol. The van der Waals surface area contributed by atoms with E-state index in [-0.39, 0.29) is 42.8 Å². The van der Waals surface area contributed by atoms with E-state index < -0.39 is 5.91 Å². The topological polar surface area (TPSA) is 121 Å². The molecule has 5 rings (SSSR count). The fourth-order valence-electron chi connectivity index (χ4n) is 6.01. The maximum Gasteiger partial charge on any atom is 0.409 e. The van der Waals surface area contributed by atoms with Crippen LogP contribution in [-0.4, -0.2) is 96.0 Å². The van der Waals surface area contributed by atoms with Gasteiger partial charge in [0.15, 0.2) is 6.61 Å². The number of carbonyl (C=O) groups is 4. The van der Waals surface area contributed by atoms with Gasteiger partial charge in [-0.2, -0.15) is 0 Å². The van der Waals surface area contributed by atoms with Gasteiger partial charge in [0, 0.05) is 44.2 Å². The van der Waals surface area contributed by atoms with Gasteiger partial charge in [0.25, 0.3) is 11.8 Å². The first-order valence-electron chi connectivity index (χ1n) is 16.1. The molecule has 3 heterocycles. The zero-order chi connectivity index (χ0) is 32.6. The highest BCUT2D eigenvalue weighted by atomic mass is 16.6. The number of hydrogen-bond donors (Lipinski definition) is 1. The monoisotopic (exact) mass is 629 g/mol. The second kappa shape index (κ2) is 15.1. The fraction of sp³-hybridized carbons (Fsp3) is 0.457. The van der Waals surface area contributed by atoms with Crippen LogP contribution < -0.4 is 10.1 Å². The predicted octanol–water partition coefficient (Wildman–Crippen LogP) is 4.40. The number of nitrogens with one attached hydrogen (secondary N) is 1. The minimum Gasteiger partial charge on any atom is -0.483 e. The minimum absolute atomic E-state index is 0.00982. The molecule has 2 fully saturated rings. The lowest BCUT2D eigenvalue weighted by Gasteiger charge is -2.34. The fourth-order valence-corrected chi connectivity index (χ4v) is 6.01. The molecule has 11 heteroatoms. The molecule has 11 nitrogen and oxygen atoms in total. The first-order valence-corrected chi connectivity index (χ1v) is 16.1. The Morgan fingerprint density at radius 2 is 1.70 bits per heavy atom. The van der Waals surface area contributed by atoms with Crippen molar-refractivity contribution in [3.63, 3.8) is 0 Å². The number of amides is 4. The molecule has 2 aliphatic heterocycles. The minimum atomic E-state index is -0.523. The summed E-state index contributed by atoms with van der Waals surface area (Å²) in [6.45, 7) is 8.16. The Labute approximate surface area is 269 Å². The first kappa shape index (κ1) is 32.7. The number of aromatic nitrogens is 1. The van der Waals surface area contributed by atoms with Crippen molar-refractivity contribution in [2.75, 3.05) is 52.5 Å².